The number of carbonyl (C=O) groups excluding carboxylic acids is 2. The SMILES string of the molecule is CCCCCC(=O)N1CC[C@H]2CC(=O)Nc3cc(C(C)C)ccc3OCC[C@H]2C1. The van der Waals surface area contributed by atoms with E-state index >= 15 is 0 Å². The van der Waals surface area contributed by atoms with Crippen molar-refractivity contribution < 1.29 is 14.3 Å². The fourth-order valence-corrected chi connectivity index (χ4v) is 4.48. The van der Waals surface area contributed by atoms with E-state index in [1.165, 1.54) is 5.56 Å². The molecule has 2 atom stereocenters. The van der Waals surface area contributed by atoms with E-state index in [0.29, 0.717) is 37.2 Å². The number of likely N-dealkylation sites (tertiary alicyclic amines) is 1. The first-order valence-corrected chi connectivity index (χ1v) is 11.3. The van der Waals surface area contributed by atoms with Crippen LogP contribution in [0.4, 0.5) is 5.69 Å². The first-order valence-electron chi connectivity index (χ1n) is 11.3. The Labute approximate surface area is 175 Å². The normalized spacial score (nSPS) is 22.3. The Kier molecular flexibility index (Phi) is 7.57. The van der Waals surface area contributed by atoms with Crippen LogP contribution in [0.25, 0.3) is 0 Å². The van der Waals surface area contributed by atoms with Crippen LogP contribution in [-0.4, -0.2) is 36.4 Å². The van der Waals surface area contributed by atoms with Gasteiger partial charge in [-0.2, -0.15) is 0 Å². The third-order valence-electron chi connectivity index (χ3n) is 6.38. The second-order valence-corrected chi connectivity index (χ2v) is 8.91. The molecular formula is C24H36N2O3. The van der Waals surface area contributed by atoms with E-state index in [0.717, 1.165) is 56.6 Å². The molecule has 0 aromatic heterocycles. The number of carbonyl (C=O) groups is 2. The van der Waals surface area contributed by atoms with Gasteiger partial charge in [-0.3, -0.25) is 9.59 Å². The summed E-state index contributed by atoms with van der Waals surface area (Å²) in [6, 6.07) is 6.07. The molecule has 0 bridgehead atoms. The third-order valence-corrected chi connectivity index (χ3v) is 6.38. The molecule has 0 spiro atoms. The van der Waals surface area contributed by atoms with E-state index in [1.54, 1.807) is 0 Å². The van der Waals surface area contributed by atoms with Crippen LogP contribution in [0.5, 0.6) is 5.75 Å². The van der Waals surface area contributed by atoms with Gasteiger partial charge < -0.3 is 15.0 Å². The predicted molar refractivity (Wildman–Crippen MR) is 116 cm³/mol. The molecule has 5 nitrogen and oxygen atoms in total. The summed E-state index contributed by atoms with van der Waals surface area (Å²) < 4.78 is 6.05. The monoisotopic (exact) mass is 400 g/mol. The number of unbranched alkanes of at least 4 members (excludes halogenated alkanes) is 2. The van der Waals surface area contributed by atoms with Crippen LogP contribution in [0, 0.1) is 11.8 Å². The van der Waals surface area contributed by atoms with Crippen LogP contribution in [0.2, 0.25) is 0 Å². The molecule has 1 N–H and O–H groups in total. The van der Waals surface area contributed by atoms with Crippen molar-refractivity contribution in [1.82, 2.24) is 4.90 Å². The van der Waals surface area contributed by atoms with Crippen LogP contribution in [0.15, 0.2) is 18.2 Å². The highest BCUT2D eigenvalue weighted by atomic mass is 16.5. The average Bonchev–Trinajstić information content (AvgIpc) is 2.69. The number of hydrogen-bond donors (Lipinski definition) is 1. The molecule has 1 aromatic carbocycles. The fourth-order valence-electron chi connectivity index (χ4n) is 4.48. The summed E-state index contributed by atoms with van der Waals surface area (Å²) in [7, 11) is 0. The minimum atomic E-state index is 0.0513. The number of nitrogens with one attached hydrogen (secondary N) is 1. The highest BCUT2D eigenvalue weighted by molar-refractivity contribution is 5.92. The van der Waals surface area contributed by atoms with Crippen LogP contribution in [-0.2, 0) is 9.59 Å². The molecule has 5 heteroatoms. The molecule has 0 radical (unpaired) electrons. The first kappa shape index (κ1) is 21.7. The van der Waals surface area contributed by atoms with E-state index in [2.05, 4.69) is 32.2 Å². The van der Waals surface area contributed by atoms with Gasteiger partial charge in [-0.15, -0.1) is 0 Å². The van der Waals surface area contributed by atoms with Crippen molar-refractivity contribution in [3.8, 4) is 5.75 Å². The van der Waals surface area contributed by atoms with Crippen molar-refractivity contribution >= 4 is 17.5 Å². The lowest BCUT2D eigenvalue weighted by Gasteiger charge is -2.39. The maximum atomic E-state index is 12.7. The Morgan fingerprint density at radius 1 is 1.24 bits per heavy atom. The Bertz CT molecular complexity index is 716. The number of rotatable bonds is 5. The van der Waals surface area contributed by atoms with Crippen molar-refractivity contribution in [3.05, 3.63) is 23.8 Å². The molecule has 1 saturated heterocycles. The molecule has 2 heterocycles. The number of anilines is 1. The van der Waals surface area contributed by atoms with Gasteiger partial charge >= 0.3 is 0 Å². The number of amides is 2. The fraction of sp³-hybridized carbons (Fsp3) is 0.667. The predicted octanol–water partition coefficient (Wildman–Crippen LogP) is 4.97. The Morgan fingerprint density at radius 3 is 2.83 bits per heavy atom. The summed E-state index contributed by atoms with van der Waals surface area (Å²) in [4.78, 5) is 27.3. The molecular weight excluding hydrogens is 364 g/mol. The van der Waals surface area contributed by atoms with Crippen LogP contribution < -0.4 is 10.1 Å². The summed E-state index contributed by atoms with van der Waals surface area (Å²) in [5.41, 5.74) is 1.97. The molecule has 0 saturated carbocycles. The van der Waals surface area contributed by atoms with E-state index in [-0.39, 0.29) is 11.8 Å². The molecule has 2 amide bonds. The molecule has 29 heavy (non-hydrogen) atoms. The minimum Gasteiger partial charge on any atom is -0.491 e. The number of hydrogen-bond acceptors (Lipinski definition) is 3. The maximum absolute atomic E-state index is 12.7. The van der Waals surface area contributed by atoms with Gasteiger partial charge in [-0.25, -0.2) is 0 Å². The Balaban J connectivity index is 1.67. The number of nitrogens with zero attached hydrogens (tertiary/aromatic N) is 1. The lowest BCUT2D eigenvalue weighted by atomic mass is 9.80. The molecule has 2 aliphatic heterocycles. The number of fused-ring (bicyclic) bond motifs is 2. The Morgan fingerprint density at radius 2 is 2.07 bits per heavy atom. The van der Waals surface area contributed by atoms with Crippen molar-refractivity contribution in [1.29, 1.82) is 0 Å². The van der Waals surface area contributed by atoms with E-state index in [9.17, 15) is 9.59 Å². The molecule has 0 unspecified atom stereocenters. The Hall–Kier alpha value is -2.04. The van der Waals surface area contributed by atoms with Crippen LogP contribution in [0.3, 0.4) is 0 Å². The van der Waals surface area contributed by atoms with Gasteiger partial charge in [0.25, 0.3) is 0 Å². The van der Waals surface area contributed by atoms with Gasteiger partial charge in [0.1, 0.15) is 5.75 Å². The zero-order chi connectivity index (χ0) is 20.8. The van der Waals surface area contributed by atoms with Crippen LogP contribution in [0.1, 0.15) is 77.2 Å². The minimum absolute atomic E-state index is 0.0513. The molecule has 2 aliphatic rings. The van der Waals surface area contributed by atoms with Crippen molar-refractivity contribution in [3.63, 3.8) is 0 Å². The lowest BCUT2D eigenvalue weighted by molar-refractivity contribution is -0.134. The van der Waals surface area contributed by atoms with Gasteiger partial charge in [-0.05, 0) is 54.7 Å². The standard InChI is InChI=1S/C24H36N2O3/c1-4-5-6-7-24(28)26-12-10-19-15-23(27)25-21-14-18(17(2)3)8-9-22(21)29-13-11-20(19)16-26/h8-9,14,17,19-20H,4-7,10-13,15-16H2,1-3H3,(H,25,27)/t19-,20-/m0/s1. The van der Waals surface area contributed by atoms with Gasteiger partial charge in [0.15, 0.2) is 0 Å². The summed E-state index contributed by atoms with van der Waals surface area (Å²) in [6.45, 7) is 8.59. The van der Waals surface area contributed by atoms with Gasteiger partial charge in [0, 0.05) is 25.9 Å². The van der Waals surface area contributed by atoms with E-state index < -0.39 is 0 Å². The molecule has 0 aliphatic carbocycles. The van der Waals surface area contributed by atoms with E-state index in [4.69, 9.17) is 4.74 Å². The third kappa shape index (κ3) is 5.74. The zero-order valence-corrected chi connectivity index (χ0v) is 18.2. The summed E-state index contributed by atoms with van der Waals surface area (Å²) in [5, 5.41) is 3.08. The second-order valence-electron chi connectivity index (χ2n) is 8.91. The van der Waals surface area contributed by atoms with Gasteiger partial charge in [0.05, 0.1) is 12.3 Å². The second kappa shape index (κ2) is 10.1. The van der Waals surface area contributed by atoms with E-state index in [1.807, 2.05) is 17.0 Å². The largest absolute Gasteiger partial charge is 0.491 e. The average molecular weight is 401 g/mol. The van der Waals surface area contributed by atoms with Crippen molar-refractivity contribution in [2.45, 2.75) is 71.6 Å². The number of benzene rings is 1. The van der Waals surface area contributed by atoms with Gasteiger partial charge in [0.2, 0.25) is 11.8 Å². The van der Waals surface area contributed by atoms with Crippen molar-refractivity contribution in [2.75, 3.05) is 25.0 Å². The number of piperidine rings is 1. The lowest BCUT2D eigenvalue weighted by Crippen LogP contribution is -2.45. The zero-order valence-electron chi connectivity index (χ0n) is 18.2. The molecule has 160 valence electrons. The van der Waals surface area contributed by atoms with Crippen molar-refractivity contribution in [2.24, 2.45) is 11.8 Å². The smallest absolute Gasteiger partial charge is 0.224 e. The highest BCUT2D eigenvalue weighted by Gasteiger charge is 2.33. The molecule has 1 fully saturated rings. The quantitative estimate of drug-likeness (QED) is 0.710. The molecule has 1 aromatic rings. The maximum Gasteiger partial charge on any atom is 0.224 e. The summed E-state index contributed by atoms with van der Waals surface area (Å²) in [6.07, 6.45) is 6.16. The summed E-state index contributed by atoms with van der Waals surface area (Å²) >= 11 is 0. The topological polar surface area (TPSA) is 58.6 Å². The van der Waals surface area contributed by atoms with Gasteiger partial charge in [-0.1, -0.05) is 39.7 Å². The summed E-state index contributed by atoms with van der Waals surface area (Å²) in [5.74, 6) is 2.09. The van der Waals surface area contributed by atoms with Crippen LogP contribution >= 0.6 is 0 Å². The first-order chi connectivity index (χ1) is 14.0. The number of ether oxygens (including phenoxy) is 1. The highest BCUT2D eigenvalue weighted by Crippen LogP contribution is 2.34. The molecule has 3 rings (SSSR count).